The SMILES string of the molecule is CC(C)(C)c1cc(Cn2c(O)c(N=NC(=O)C[N+](C)(C)C)c3cc(Br)ccc32)cc(C(C)(C)C)c1O. The molecule has 0 aliphatic carbocycles. The van der Waals surface area contributed by atoms with Crippen LogP contribution < -0.4 is 0 Å². The highest BCUT2D eigenvalue weighted by Crippen LogP contribution is 2.43. The first-order valence-corrected chi connectivity index (χ1v) is 12.8. The molecule has 36 heavy (non-hydrogen) atoms. The summed E-state index contributed by atoms with van der Waals surface area (Å²) in [4.78, 5) is 12.3. The standard InChI is InChI=1S/C28H37BrN4O3/c1-27(2,3)20-12-17(13-21(25(20)35)28(4,5)6)15-32-22-11-10-18(29)14-19(22)24(26(32)36)31-30-23(34)16-33(7,8)9/h10-14H,15-16H2,1-9H3,(H-,30,34,35,36)/p+1. The number of azo groups is 1. The van der Waals surface area contributed by atoms with Gasteiger partial charge in [0.05, 0.1) is 33.2 Å². The van der Waals surface area contributed by atoms with Gasteiger partial charge in [-0.2, -0.15) is 0 Å². The van der Waals surface area contributed by atoms with Crippen LogP contribution in [-0.2, 0) is 22.2 Å². The third-order valence-corrected chi connectivity index (χ3v) is 6.46. The first kappa shape index (κ1) is 27.9. The van der Waals surface area contributed by atoms with Crippen LogP contribution in [0.4, 0.5) is 5.69 Å². The van der Waals surface area contributed by atoms with Crippen LogP contribution in [0.3, 0.4) is 0 Å². The molecule has 0 saturated carbocycles. The summed E-state index contributed by atoms with van der Waals surface area (Å²) in [6.45, 7) is 13.0. The van der Waals surface area contributed by atoms with Crippen molar-refractivity contribution in [3.8, 4) is 11.6 Å². The Morgan fingerprint density at radius 1 is 0.972 bits per heavy atom. The van der Waals surface area contributed by atoms with Crippen LogP contribution in [0.25, 0.3) is 10.9 Å². The first-order valence-electron chi connectivity index (χ1n) is 12.0. The minimum absolute atomic E-state index is 0.0624. The van der Waals surface area contributed by atoms with E-state index in [-0.39, 0.29) is 34.8 Å². The van der Waals surface area contributed by atoms with Gasteiger partial charge in [-0.05, 0) is 57.9 Å². The number of nitrogens with zero attached hydrogens (tertiary/aromatic N) is 4. The van der Waals surface area contributed by atoms with Crippen molar-refractivity contribution in [1.82, 2.24) is 4.57 Å². The van der Waals surface area contributed by atoms with Gasteiger partial charge in [0.2, 0.25) is 5.88 Å². The third kappa shape index (κ3) is 6.16. The molecule has 0 spiro atoms. The molecule has 0 radical (unpaired) electrons. The largest absolute Gasteiger partial charge is 0.507 e. The van der Waals surface area contributed by atoms with Gasteiger partial charge in [-0.1, -0.05) is 57.5 Å². The minimum atomic E-state index is -0.360. The van der Waals surface area contributed by atoms with E-state index in [1.54, 1.807) is 4.57 Å². The lowest BCUT2D eigenvalue weighted by Gasteiger charge is -2.28. The van der Waals surface area contributed by atoms with Gasteiger partial charge >= 0.3 is 5.91 Å². The Bertz CT molecular complexity index is 1300. The van der Waals surface area contributed by atoms with Gasteiger partial charge < -0.3 is 19.3 Å². The molecule has 2 aromatic carbocycles. The maximum atomic E-state index is 12.3. The molecule has 0 aliphatic heterocycles. The number of likely N-dealkylation sites (N-methyl/N-ethyl adjacent to an activating group) is 1. The summed E-state index contributed by atoms with van der Waals surface area (Å²) in [6, 6.07) is 9.67. The molecule has 194 valence electrons. The van der Waals surface area contributed by atoms with Gasteiger partial charge in [0.1, 0.15) is 5.75 Å². The number of carbonyl (C=O) groups excluding carboxylic acids is 1. The number of aromatic nitrogens is 1. The molecule has 1 amide bonds. The van der Waals surface area contributed by atoms with E-state index in [4.69, 9.17) is 0 Å². The summed E-state index contributed by atoms with van der Waals surface area (Å²) in [5, 5.41) is 31.1. The number of phenols is 1. The van der Waals surface area contributed by atoms with E-state index in [1.165, 1.54) is 0 Å². The maximum Gasteiger partial charge on any atom is 0.319 e. The van der Waals surface area contributed by atoms with Crippen LogP contribution in [-0.4, -0.2) is 52.9 Å². The molecule has 0 fully saturated rings. The van der Waals surface area contributed by atoms with E-state index in [9.17, 15) is 15.0 Å². The number of amides is 1. The van der Waals surface area contributed by atoms with Crippen molar-refractivity contribution in [2.24, 2.45) is 10.2 Å². The molecule has 7 nitrogen and oxygen atoms in total. The second-order valence-corrected chi connectivity index (χ2v) is 13.4. The lowest BCUT2D eigenvalue weighted by Crippen LogP contribution is -2.38. The van der Waals surface area contributed by atoms with Crippen molar-refractivity contribution >= 4 is 38.4 Å². The van der Waals surface area contributed by atoms with Crippen LogP contribution >= 0.6 is 15.9 Å². The molecule has 0 unspecified atom stereocenters. The number of benzene rings is 2. The maximum absolute atomic E-state index is 12.3. The number of rotatable bonds is 5. The number of hydrogen-bond donors (Lipinski definition) is 2. The quantitative estimate of drug-likeness (QED) is 0.268. The monoisotopic (exact) mass is 557 g/mol. The van der Waals surface area contributed by atoms with Crippen molar-refractivity contribution < 1.29 is 19.5 Å². The predicted octanol–water partition coefficient (Wildman–Crippen LogP) is 6.77. The number of phenolic OH excluding ortho intramolecular Hbond substituents is 1. The predicted molar refractivity (Wildman–Crippen MR) is 148 cm³/mol. The lowest BCUT2D eigenvalue weighted by molar-refractivity contribution is -0.862. The van der Waals surface area contributed by atoms with Crippen molar-refractivity contribution in [1.29, 1.82) is 0 Å². The van der Waals surface area contributed by atoms with Crippen LogP contribution in [0.2, 0.25) is 0 Å². The van der Waals surface area contributed by atoms with E-state index in [1.807, 2.05) is 51.5 Å². The Morgan fingerprint density at radius 2 is 1.53 bits per heavy atom. The number of halogens is 1. The number of quaternary nitrogens is 1. The van der Waals surface area contributed by atoms with Crippen LogP contribution in [0.5, 0.6) is 11.6 Å². The molecule has 0 bridgehead atoms. The zero-order valence-electron chi connectivity index (χ0n) is 22.8. The Balaban J connectivity index is 2.16. The molecular weight excluding hydrogens is 520 g/mol. The van der Waals surface area contributed by atoms with E-state index >= 15 is 0 Å². The zero-order valence-corrected chi connectivity index (χ0v) is 24.4. The lowest BCUT2D eigenvalue weighted by atomic mass is 9.78. The van der Waals surface area contributed by atoms with Gasteiger partial charge in [-0.15, -0.1) is 10.2 Å². The summed E-state index contributed by atoms with van der Waals surface area (Å²) >= 11 is 3.50. The Kier molecular flexibility index (Phi) is 7.46. The second-order valence-electron chi connectivity index (χ2n) is 12.5. The fourth-order valence-electron chi connectivity index (χ4n) is 4.21. The Morgan fingerprint density at radius 3 is 2.03 bits per heavy atom. The van der Waals surface area contributed by atoms with Gasteiger partial charge in [0.15, 0.2) is 12.2 Å². The third-order valence-electron chi connectivity index (χ3n) is 5.97. The smallest absolute Gasteiger partial charge is 0.319 e. The van der Waals surface area contributed by atoms with E-state index < -0.39 is 0 Å². The van der Waals surface area contributed by atoms with Gasteiger partial charge in [-0.3, -0.25) is 4.79 Å². The Hall–Kier alpha value is -2.71. The van der Waals surface area contributed by atoms with Crippen LogP contribution in [0.1, 0.15) is 58.2 Å². The fraction of sp³-hybridized carbons (Fsp3) is 0.464. The first-order chi connectivity index (χ1) is 16.4. The van der Waals surface area contributed by atoms with Crippen molar-refractivity contribution in [3.63, 3.8) is 0 Å². The highest BCUT2D eigenvalue weighted by Gasteiger charge is 2.27. The number of carbonyl (C=O) groups is 1. The fourth-order valence-corrected chi connectivity index (χ4v) is 4.57. The van der Waals surface area contributed by atoms with E-state index in [0.29, 0.717) is 22.2 Å². The summed E-state index contributed by atoms with van der Waals surface area (Å²) in [5.74, 6) is -0.108. The molecule has 3 rings (SSSR count). The second kappa shape index (κ2) is 9.63. The molecule has 2 N–H and O–H groups in total. The molecule has 3 aromatic rings. The zero-order chi connectivity index (χ0) is 27.2. The number of aromatic hydroxyl groups is 2. The van der Waals surface area contributed by atoms with Crippen molar-refractivity contribution in [2.45, 2.75) is 58.9 Å². The van der Waals surface area contributed by atoms with Gasteiger partial charge in [0, 0.05) is 9.86 Å². The summed E-state index contributed by atoms with van der Waals surface area (Å²) < 4.78 is 3.03. The number of fused-ring (bicyclic) bond motifs is 1. The molecule has 0 atom stereocenters. The molecule has 8 heteroatoms. The van der Waals surface area contributed by atoms with Crippen LogP contribution in [0, 0.1) is 0 Å². The minimum Gasteiger partial charge on any atom is -0.507 e. The van der Waals surface area contributed by atoms with Crippen molar-refractivity contribution in [2.75, 3.05) is 27.7 Å². The summed E-state index contributed by atoms with van der Waals surface area (Å²) in [5.41, 5.74) is 3.15. The highest BCUT2D eigenvalue weighted by atomic mass is 79.9. The van der Waals surface area contributed by atoms with Gasteiger partial charge in [0.25, 0.3) is 0 Å². The number of hydrogen-bond acceptors (Lipinski definition) is 4. The average molecular weight is 559 g/mol. The average Bonchev–Trinajstić information content (AvgIpc) is 2.95. The molecule has 1 aromatic heterocycles. The Labute approximate surface area is 222 Å². The van der Waals surface area contributed by atoms with E-state index in [0.717, 1.165) is 26.7 Å². The van der Waals surface area contributed by atoms with Crippen molar-refractivity contribution in [3.05, 3.63) is 51.5 Å². The van der Waals surface area contributed by atoms with Crippen LogP contribution in [0.15, 0.2) is 45.0 Å². The molecule has 0 aliphatic rings. The molecule has 0 saturated heterocycles. The van der Waals surface area contributed by atoms with E-state index in [2.05, 4.69) is 67.7 Å². The molecular formula is C28H38BrN4O3+. The topological polar surface area (TPSA) is 87.2 Å². The highest BCUT2D eigenvalue weighted by molar-refractivity contribution is 9.10. The normalized spacial score (nSPS) is 13.2. The summed E-state index contributed by atoms with van der Waals surface area (Å²) in [6.07, 6.45) is 0. The van der Waals surface area contributed by atoms with Gasteiger partial charge in [-0.25, -0.2) is 0 Å². The molecule has 1 heterocycles. The summed E-state index contributed by atoms with van der Waals surface area (Å²) in [7, 11) is 5.72.